The van der Waals surface area contributed by atoms with Gasteiger partial charge < -0.3 is 11.1 Å². The van der Waals surface area contributed by atoms with Crippen molar-refractivity contribution in [3.63, 3.8) is 0 Å². The average molecular weight is 272 g/mol. The predicted molar refractivity (Wildman–Crippen MR) is 79.8 cm³/mol. The number of hydrogen-bond donors (Lipinski definition) is 2. The molecule has 3 N–H and O–H groups in total. The molecule has 0 bridgehead atoms. The molecule has 4 heteroatoms. The molecule has 0 aliphatic heterocycles. The highest BCUT2D eigenvalue weighted by molar-refractivity contribution is 7.99. The topological polar surface area (TPSA) is 55.1 Å². The molecule has 1 amide bonds. The molecule has 0 atom stereocenters. The molecule has 1 fully saturated rings. The molecule has 1 saturated carbocycles. The Bertz CT molecular complexity index is 250. The Labute approximate surface area is 116 Å². The SMILES string of the molecule is CCC(CC)(CN)C(=O)NC1CCC(SC)CC1. The summed E-state index contributed by atoms with van der Waals surface area (Å²) < 4.78 is 0. The average Bonchev–Trinajstić information content (AvgIpc) is 2.42. The van der Waals surface area contributed by atoms with Crippen LogP contribution in [0, 0.1) is 5.41 Å². The van der Waals surface area contributed by atoms with Gasteiger partial charge in [0.05, 0.1) is 5.41 Å². The Morgan fingerprint density at radius 2 is 1.83 bits per heavy atom. The molecule has 0 aromatic rings. The fourth-order valence-electron chi connectivity index (χ4n) is 2.73. The van der Waals surface area contributed by atoms with Crippen LogP contribution in [0.5, 0.6) is 0 Å². The summed E-state index contributed by atoms with van der Waals surface area (Å²) >= 11 is 1.95. The molecule has 1 aliphatic carbocycles. The second kappa shape index (κ2) is 7.39. The Kier molecular flexibility index (Phi) is 6.50. The number of nitrogens with two attached hydrogens (primary N) is 1. The van der Waals surface area contributed by atoms with Crippen LogP contribution in [0.1, 0.15) is 52.4 Å². The summed E-state index contributed by atoms with van der Waals surface area (Å²) in [5.74, 6) is 0.169. The van der Waals surface area contributed by atoms with Gasteiger partial charge in [-0.15, -0.1) is 0 Å². The first-order chi connectivity index (χ1) is 8.61. The third-order valence-corrected chi connectivity index (χ3v) is 5.71. The van der Waals surface area contributed by atoms with Crippen LogP contribution in [0.15, 0.2) is 0 Å². The van der Waals surface area contributed by atoms with Gasteiger partial charge >= 0.3 is 0 Å². The number of thioether (sulfide) groups is 1. The molecule has 0 heterocycles. The van der Waals surface area contributed by atoms with E-state index in [4.69, 9.17) is 5.73 Å². The van der Waals surface area contributed by atoms with Gasteiger partial charge in [0.25, 0.3) is 0 Å². The van der Waals surface area contributed by atoms with Crippen LogP contribution in [0.25, 0.3) is 0 Å². The van der Waals surface area contributed by atoms with Gasteiger partial charge in [0.15, 0.2) is 0 Å². The Morgan fingerprint density at radius 1 is 1.28 bits per heavy atom. The van der Waals surface area contributed by atoms with Gasteiger partial charge in [-0.3, -0.25) is 4.79 Å². The van der Waals surface area contributed by atoms with Gasteiger partial charge in [-0.1, -0.05) is 13.8 Å². The zero-order valence-corrected chi connectivity index (χ0v) is 12.8. The van der Waals surface area contributed by atoms with Gasteiger partial charge in [0.1, 0.15) is 0 Å². The van der Waals surface area contributed by atoms with Crippen molar-refractivity contribution in [2.24, 2.45) is 11.1 Å². The van der Waals surface area contributed by atoms with E-state index >= 15 is 0 Å². The number of carbonyl (C=O) groups excluding carboxylic acids is 1. The lowest BCUT2D eigenvalue weighted by molar-refractivity contribution is -0.132. The number of carbonyl (C=O) groups is 1. The van der Waals surface area contributed by atoms with E-state index in [1.165, 1.54) is 12.8 Å². The zero-order valence-electron chi connectivity index (χ0n) is 12.0. The van der Waals surface area contributed by atoms with E-state index in [2.05, 4.69) is 25.4 Å². The van der Waals surface area contributed by atoms with Crippen LogP contribution >= 0.6 is 11.8 Å². The summed E-state index contributed by atoms with van der Waals surface area (Å²) in [6.07, 6.45) is 8.51. The summed E-state index contributed by atoms with van der Waals surface area (Å²) in [5, 5.41) is 4.02. The minimum Gasteiger partial charge on any atom is -0.353 e. The van der Waals surface area contributed by atoms with Crippen molar-refractivity contribution in [2.75, 3.05) is 12.8 Å². The van der Waals surface area contributed by atoms with E-state index < -0.39 is 0 Å². The fraction of sp³-hybridized carbons (Fsp3) is 0.929. The molecule has 0 aromatic carbocycles. The summed E-state index contributed by atoms with van der Waals surface area (Å²) in [7, 11) is 0. The van der Waals surface area contributed by atoms with Crippen LogP contribution in [0.3, 0.4) is 0 Å². The molecule has 0 spiro atoms. The molecule has 1 rings (SSSR count). The summed E-state index contributed by atoms with van der Waals surface area (Å²) in [5.41, 5.74) is 5.46. The van der Waals surface area contributed by atoms with E-state index in [-0.39, 0.29) is 11.3 Å². The Hall–Kier alpha value is -0.220. The summed E-state index contributed by atoms with van der Waals surface area (Å²) in [4.78, 5) is 12.4. The normalized spacial score (nSPS) is 24.9. The van der Waals surface area contributed by atoms with Crippen molar-refractivity contribution in [1.82, 2.24) is 5.32 Å². The van der Waals surface area contributed by atoms with Crippen molar-refractivity contribution in [3.05, 3.63) is 0 Å². The molecule has 18 heavy (non-hydrogen) atoms. The number of nitrogens with one attached hydrogen (secondary N) is 1. The maximum atomic E-state index is 12.4. The van der Waals surface area contributed by atoms with Crippen LogP contribution in [-0.2, 0) is 4.79 Å². The zero-order chi connectivity index (χ0) is 13.6. The lowest BCUT2D eigenvalue weighted by Gasteiger charge is -2.34. The van der Waals surface area contributed by atoms with Crippen LogP contribution in [0.2, 0.25) is 0 Å². The van der Waals surface area contributed by atoms with Crippen LogP contribution in [-0.4, -0.2) is 30.0 Å². The number of amides is 1. The first-order valence-electron chi connectivity index (χ1n) is 7.15. The maximum absolute atomic E-state index is 12.4. The van der Waals surface area contributed by atoms with Crippen molar-refractivity contribution in [1.29, 1.82) is 0 Å². The van der Waals surface area contributed by atoms with Gasteiger partial charge in [-0.05, 0) is 44.8 Å². The highest BCUT2D eigenvalue weighted by Crippen LogP contribution is 2.29. The summed E-state index contributed by atoms with van der Waals surface area (Å²) in [6, 6.07) is 0.366. The standard InChI is InChI=1S/C14H28N2OS/c1-4-14(5-2,10-15)13(17)16-11-6-8-12(18-3)9-7-11/h11-12H,4-10,15H2,1-3H3,(H,16,17). The van der Waals surface area contributed by atoms with Crippen LogP contribution in [0.4, 0.5) is 0 Å². The lowest BCUT2D eigenvalue weighted by Crippen LogP contribution is -2.49. The molecule has 106 valence electrons. The molecule has 0 unspecified atom stereocenters. The van der Waals surface area contributed by atoms with Crippen LogP contribution < -0.4 is 11.1 Å². The van der Waals surface area contributed by atoms with Gasteiger partial charge in [0.2, 0.25) is 5.91 Å². The van der Waals surface area contributed by atoms with E-state index in [1.807, 2.05) is 11.8 Å². The van der Waals surface area contributed by atoms with Crippen molar-refractivity contribution in [2.45, 2.75) is 63.7 Å². The van der Waals surface area contributed by atoms with Crippen molar-refractivity contribution < 1.29 is 4.79 Å². The quantitative estimate of drug-likeness (QED) is 0.781. The summed E-state index contributed by atoms with van der Waals surface area (Å²) in [6.45, 7) is 4.56. The van der Waals surface area contributed by atoms with Gasteiger partial charge in [-0.2, -0.15) is 11.8 Å². The van der Waals surface area contributed by atoms with Gasteiger partial charge in [0, 0.05) is 17.8 Å². The molecule has 0 aromatic heterocycles. The highest BCUT2D eigenvalue weighted by atomic mass is 32.2. The lowest BCUT2D eigenvalue weighted by atomic mass is 9.81. The number of hydrogen-bond acceptors (Lipinski definition) is 3. The molecule has 0 radical (unpaired) electrons. The number of rotatable bonds is 6. The molecule has 0 saturated heterocycles. The molecule has 3 nitrogen and oxygen atoms in total. The minimum atomic E-state index is -0.351. The third kappa shape index (κ3) is 3.64. The second-order valence-electron chi connectivity index (χ2n) is 5.37. The van der Waals surface area contributed by atoms with E-state index in [9.17, 15) is 4.79 Å². The van der Waals surface area contributed by atoms with Crippen molar-refractivity contribution in [3.8, 4) is 0 Å². The van der Waals surface area contributed by atoms with E-state index in [0.29, 0.717) is 12.6 Å². The highest BCUT2D eigenvalue weighted by Gasteiger charge is 2.35. The maximum Gasteiger partial charge on any atom is 0.227 e. The molecular weight excluding hydrogens is 244 g/mol. The fourth-order valence-corrected chi connectivity index (χ4v) is 3.48. The first-order valence-corrected chi connectivity index (χ1v) is 8.44. The minimum absolute atomic E-state index is 0.169. The third-order valence-electron chi connectivity index (χ3n) is 4.57. The largest absolute Gasteiger partial charge is 0.353 e. The van der Waals surface area contributed by atoms with E-state index in [1.54, 1.807) is 0 Å². The first kappa shape index (κ1) is 15.8. The molecule has 1 aliphatic rings. The molecular formula is C14H28N2OS. The second-order valence-corrected chi connectivity index (χ2v) is 6.51. The predicted octanol–water partition coefficient (Wildman–Crippen LogP) is 2.54. The smallest absolute Gasteiger partial charge is 0.227 e. The van der Waals surface area contributed by atoms with Crippen molar-refractivity contribution >= 4 is 17.7 Å². The van der Waals surface area contributed by atoms with Gasteiger partial charge in [-0.25, -0.2) is 0 Å². The Balaban J connectivity index is 2.49. The Morgan fingerprint density at radius 3 is 2.22 bits per heavy atom. The van der Waals surface area contributed by atoms with E-state index in [0.717, 1.165) is 30.9 Å². The monoisotopic (exact) mass is 272 g/mol.